The van der Waals surface area contributed by atoms with Gasteiger partial charge in [0.05, 0.1) is 0 Å². The van der Waals surface area contributed by atoms with Crippen molar-refractivity contribution in [1.82, 2.24) is 9.88 Å². The van der Waals surface area contributed by atoms with Crippen LogP contribution in [0.15, 0.2) is 18.3 Å². The molecule has 1 heterocycles. The first-order chi connectivity index (χ1) is 9.71. The maximum atomic E-state index is 5.88. The van der Waals surface area contributed by atoms with Gasteiger partial charge >= 0.3 is 0 Å². The first kappa shape index (κ1) is 16.0. The molecule has 1 atom stereocenters. The normalized spacial score (nSPS) is 16.4. The van der Waals surface area contributed by atoms with Crippen LogP contribution in [-0.4, -0.2) is 33.6 Å². The van der Waals surface area contributed by atoms with E-state index in [1.54, 1.807) is 0 Å². The molecule has 0 N–H and O–H groups in total. The molecule has 0 aromatic carbocycles. The standard InChI is InChI=1S/C16H25IN2O/c1-3-13-7-8-16(18-11-13)20-15(17)9-10-19(4-2)12-14-5-6-14/h7-8,11,14-15H,3-6,9-10,12H2,1-2H3. The van der Waals surface area contributed by atoms with E-state index in [4.69, 9.17) is 4.74 Å². The van der Waals surface area contributed by atoms with Crippen LogP contribution in [0.3, 0.4) is 0 Å². The van der Waals surface area contributed by atoms with Crippen molar-refractivity contribution in [3.05, 3.63) is 23.9 Å². The summed E-state index contributed by atoms with van der Waals surface area (Å²) >= 11 is 2.37. The Labute approximate surface area is 136 Å². The number of hydrogen-bond acceptors (Lipinski definition) is 3. The van der Waals surface area contributed by atoms with Crippen molar-refractivity contribution in [2.24, 2.45) is 5.92 Å². The lowest BCUT2D eigenvalue weighted by Crippen LogP contribution is -2.29. The highest BCUT2D eigenvalue weighted by Gasteiger charge is 2.23. The van der Waals surface area contributed by atoms with E-state index in [1.165, 1.54) is 24.9 Å². The Morgan fingerprint density at radius 2 is 2.20 bits per heavy atom. The van der Waals surface area contributed by atoms with Crippen LogP contribution in [0.1, 0.15) is 38.7 Å². The number of alkyl halides is 1. The summed E-state index contributed by atoms with van der Waals surface area (Å²) in [6.45, 7) is 7.91. The molecule has 2 rings (SSSR count). The summed E-state index contributed by atoms with van der Waals surface area (Å²) in [5.41, 5.74) is 1.25. The molecule has 3 nitrogen and oxygen atoms in total. The van der Waals surface area contributed by atoms with E-state index < -0.39 is 0 Å². The lowest BCUT2D eigenvalue weighted by Gasteiger charge is -2.22. The van der Waals surface area contributed by atoms with Crippen LogP contribution in [0.2, 0.25) is 0 Å². The molecule has 112 valence electrons. The number of aromatic nitrogens is 1. The van der Waals surface area contributed by atoms with E-state index >= 15 is 0 Å². The maximum absolute atomic E-state index is 5.88. The zero-order valence-corrected chi connectivity index (χ0v) is 14.7. The topological polar surface area (TPSA) is 25.4 Å². The zero-order valence-electron chi connectivity index (χ0n) is 12.5. The van der Waals surface area contributed by atoms with E-state index in [9.17, 15) is 0 Å². The quantitative estimate of drug-likeness (QED) is 0.474. The van der Waals surface area contributed by atoms with Gasteiger partial charge in [0.2, 0.25) is 5.88 Å². The Morgan fingerprint density at radius 1 is 1.40 bits per heavy atom. The minimum Gasteiger partial charge on any atom is -0.464 e. The molecule has 0 amide bonds. The van der Waals surface area contributed by atoms with Gasteiger partial charge < -0.3 is 9.64 Å². The smallest absolute Gasteiger partial charge is 0.214 e. The SMILES string of the molecule is CCc1ccc(OC(I)CCN(CC)CC2CC2)nc1. The fraction of sp³-hybridized carbons (Fsp3) is 0.688. The third-order valence-corrected chi connectivity index (χ3v) is 4.66. The van der Waals surface area contributed by atoms with Crippen LogP contribution >= 0.6 is 22.6 Å². The molecule has 20 heavy (non-hydrogen) atoms. The highest BCUT2D eigenvalue weighted by atomic mass is 127. The van der Waals surface area contributed by atoms with Crippen molar-refractivity contribution in [1.29, 1.82) is 0 Å². The van der Waals surface area contributed by atoms with Gasteiger partial charge in [0, 0.05) is 31.8 Å². The third-order valence-electron chi connectivity index (χ3n) is 3.79. The summed E-state index contributed by atoms with van der Waals surface area (Å²) in [5.74, 6) is 1.71. The van der Waals surface area contributed by atoms with Crippen LogP contribution in [-0.2, 0) is 6.42 Å². The summed E-state index contributed by atoms with van der Waals surface area (Å²) in [7, 11) is 0. The van der Waals surface area contributed by atoms with E-state index in [-0.39, 0.29) is 4.11 Å². The lowest BCUT2D eigenvalue weighted by atomic mass is 10.2. The van der Waals surface area contributed by atoms with E-state index in [0.29, 0.717) is 0 Å². The van der Waals surface area contributed by atoms with Gasteiger partial charge in [-0.2, -0.15) is 0 Å². The predicted molar refractivity (Wildman–Crippen MR) is 91.5 cm³/mol. The number of ether oxygens (including phenoxy) is 1. The fourth-order valence-corrected chi connectivity index (χ4v) is 2.75. The van der Waals surface area contributed by atoms with Gasteiger partial charge in [-0.3, -0.25) is 0 Å². The van der Waals surface area contributed by atoms with Gasteiger partial charge in [0.25, 0.3) is 0 Å². The van der Waals surface area contributed by atoms with Crippen molar-refractivity contribution in [2.75, 3.05) is 19.6 Å². The van der Waals surface area contributed by atoms with Gasteiger partial charge in [-0.1, -0.05) is 19.9 Å². The van der Waals surface area contributed by atoms with Gasteiger partial charge in [-0.25, -0.2) is 4.98 Å². The molecule has 1 fully saturated rings. The molecule has 0 radical (unpaired) electrons. The first-order valence-corrected chi connectivity index (χ1v) is 8.93. The summed E-state index contributed by atoms with van der Waals surface area (Å²) < 4.78 is 6.07. The van der Waals surface area contributed by atoms with Crippen molar-refractivity contribution < 1.29 is 4.74 Å². The highest BCUT2D eigenvalue weighted by molar-refractivity contribution is 14.1. The largest absolute Gasteiger partial charge is 0.464 e. The molecule has 1 aliphatic rings. The molecule has 0 bridgehead atoms. The Hall–Kier alpha value is -0.360. The molecule has 1 aromatic heterocycles. The Balaban J connectivity index is 1.71. The van der Waals surface area contributed by atoms with Crippen LogP contribution in [0.4, 0.5) is 0 Å². The van der Waals surface area contributed by atoms with Crippen molar-refractivity contribution >= 4 is 22.6 Å². The second-order valence-electron chi connectivity index (χ2n) is 5.51. The minimum absolute atomic E-state index is 0.195. The van der Waals surface area contributed by atoms with Crippen LogP contribution < -0.4 is 4.74 Å². The maximum Gasteiger partial charge on any atom is 0.214 e. The summed E-state index contributed by atoms with van der Waals surface area (Å²) in [4.78, 5) is 6.90. The van der Waals surface area contributed by atoms with Gasteiger partial charge in [0.15, 0.2) is 4.11 Å². The lowest BCUT2D eigenvalue weighted by molar-refractivity contribution is 0.222. The van der Waals surface area contributed by atoms with Crippen LogP contribution in [0.5, 0.6) is 5.88 Å². The minimum atomic E-state index is 0.195. The molecule has 0 saturated heterocycles. The van der Waals surface area contributed by atoms with Gasteiger partial charge in [0.1, 0.15) is 0 Å². The fourth-order valence-electron chi connectivity index (χ4n) is 2.21. The second kappa shape index (κ2) is 8.17. The predicted octanol–water partition coefficient (Wildman–Crippen LogP) is 3.91. The average Bonchev–Trinajstić information content (AvgIpc) is 3.28. The Morgan fingerprint density at radius 3 is 2.75 bits per heavy atom. The highest BCUT2D eigenvalue weighted by Crippen LogP contribution is 2.29. The monoisotopic (exact) mass is 388 g/mol. The molecule has 1 unspecified atom stereocenters. The number of pyridine rings is 1. The molecule has 0 aliphatic heterocycles. The first-order valence-electron chi connectivity index (χ1n) is 7.69. The average molecular weight is 388 g/mol. The van der Waals surface area contributed by atoms with Crippen LogP contribution in [0.25, 0.3) is 0 Å². The second-order valence-corrected chi connectivity index (χ2v) is 6.90. The van der Waals surface area contributed by atoms with Gasteiger partial charge in [-0.15, -0.1) is 0 Å². The third kappa shape index (κ3) is 5.56. The van der Waals surface area contributed by atoms with E-state index in [0.717, 1.165) is 37.7 Å². The molecule has 0 spiro atoms. The number of aryl methyl sites for hydroxylation is 1. The Bertz CT molecular complexity index is 392. The summed E-state index contributed by atoms with van der Waals surface area (Å²) in [6, 6.07) is 4.07. The van der Waals surface area contributed by atoms with Crippen molar-refractivity contribution in [3.63, 3.8) is 0 Å². The van der Waals surface area contributed by atoms with Crippen molar-refractivity contribution in [3.8, 4) is 5.88 Å². The number of nitrogens with zero attached hydrogens (tertiary/aromatic N) is 2. The molecule has 1 aliphatic carbocycles. The van der Waals surface area contributed by atoms with E-state index in [1.807, 2.05) is 12.3 Å². The molecule has 1 saturated carbocycles. The molecule has 1 aromatic rings. The zero-order chi connectivity index (χ0) is 14.4. The summed E-state index contributed by atoms with van der Waals surface area (Å²) in [5, 5.41) is 0. The number of rotatable bonds is 9. The molecular formula is C16H25IN2O. The van der Waals surface area contributed by atoms with E-state index in [2.05, 4.69) is 52.4 Å². The molecule has 4 heteroatoms. The number of hydrogen-bond donors (Lipinski definition) is 0. The molecular weight excluding hydrogens is 363 g/mol. The van der Waals surface area contributed by atoms with Crippen molar-refractivity contribution in [2.45, 2.75) is 43.6 Å². The van der Waals surface area contributed by atoms with Crippen LogP contribution in [0, 0.1) is 5.92 Å². The number of halogens is 1. The Kier molecular flexibility index (Phi) is 6.55. The van der Waals surface area contributed by atoms with Gasteiger partial charge in [-0.05, 0) is 59.9 Å². The summed E-state index contributed by atoms with van der Waals surface area (Å²) in [6.07, 6.45) is 6.83.